The number of rotatable bonds is 2. The van der Waals surface area contributed by atoms with Crippen molar-refractivity contribution in [3.63, 3.8) is 0 Å². The Balaban J connectivity index is 2.08. The van der Waals surface area contributed by atoms with Gasteiger partial charge in [0.1, 0.15) is 11.8 Å². The van der Waals surface area contributed by atoms with Crippen LogP contribution in [0.2, 0.25) is 0 Å². The van der Waals surface area contributed by atoms with Crippen molar-refractivity contribution >= 4 is 29.1 Å². The maximum atomic E-state index is 11.5. The number of ether oxygens (including phenoxy) is 1. The largest absolute Gasteiger partial charge is 0.382 e. The van der Waals surface area contributed by atoms with Gasteiger partial charge < -0.3 is 15.6 Å². The molecule has 0 radical (unpaired) electrons. The summed E-state index contributed by atoms with van der Waals surface area (Å²) in [6.07, 6.45) is -0.892. The molecule has 0 spiro atoms. The monoisotopic (exact) mass is 263 g/mol. The summed E-state index contributed by atoms with van der Waals surface area (Å²) in [5.41, 5.74) is 6.28. The van der Waals surface area contributed by atoms with E-state index >= 15 is 0 Å². The third kappa shape index (κ3) is 1.59. The molecular weight excluding hydrogens is 254 g/mol. The molecule has 9 nitrogen and oxygen atoms in total. The van der Waals surface area contributed by atoms with Gasteiger partial charge in [0.15, 0.2) is 36.2 Å². The summed E-state index contributed by atoms with van der Waals surface area (Å²) in [5.74, 6) is -0.515. The Labute approximate surface area is 106 Å². The predicted molar refractivity (Wildman–Crippen MR) is 60.7 cm³/mol. The van der Waals surface area contributed by atoms with Gasteiger partial charge in [0.05, 0.1) is 6.33 Å². The van der Waals surface area contributed by atoms with E-state index in [4.69, 9.17) is 10.5 Å². The molecule has 3 rings (SSSR count). The van der Waals surface area contributed by atoms with Crippen molar-refractivity contribution in [2.24, 2.45) is 0 Å². The van der Waals surface area contributed by atoms with E-state index in [2.05, 4.69) is 15.0 Å². The van der Waals surface area contributed by atoms with E-state index in [9.17, 15) is 14.7 Å². The van der Waals surface area contributed by atoms with Crippen molar-refractivity contribution in [1.82, 2.24) is 19.5 Å². The van der Waals surface area contributed by atoms with Crippen molar-refractivity contribution in [1.29, 1.82) is 0 Å². The first kappa shape index (κ1) is 11.7. The van der Waals surface area contributed by atoms with Gasteiger partial charge in [0, 0.05) is 0 Å². The fourth-order valence-corrected chi connectivity index (χ4v) is 1.97. The SMILES string of the molecule is Nc1ncnc2c1ncn2[C@@H]1O[C@H](C=O)C(=O)[C@H]1O. The summed E-state index contributed by atoms with van der Waals surface area (Å²) in [4.78, 5) is 34.0. The highest BCUT2D eigenvalue weighted by Crippen LogP contribution is 2.28. The Hall–Kier alpha value is -2.39. The summed E-state index contributed by atoms with van der Waals surface area (Å²) in [7, 11) is 0. The normalized spacial score (nSPS) is 27.0. The van der Waals surface area contributed by atoms with E-state index in [1.54, 1.807) is 0 Å². The van der Waals surface area contributed by atoms with Crippen molar-refractivity contribution in [3.8, 4) is 0 Å². The van der Waals surface area contributed by atoms with Gasteiger partial charge in [-0.15, -0.1) is 0 Å². The molecule has 0 aromatic carbocycles. The van der Waals surface area contributed by atoms with Crippen LogP contribution >= 0.6 is 0 Å². The first-order valence-corrected chi connectivity index (χ1v) is 5.39. The number of nitrogens with two attached hydrogens (primary N) is 1. The zero-order valence-corrected chi connectivity index (χ0v) is 9.50. The lowest BCUT2D eigenvalue weighted by Gasteiger charge is -2.14. The number of aliphatic hydroxyl groups excluding tert-OH is 1. The average Bonchev–Trinajstić information content (AvgIpc) is 2.94. The lowest BCUT2D eigenvalue weighted by molar-refractivity contribution is -0.131. The van der Waals surface area contributed by atoms with Crippen molar-refractivity contribution in [3.05, 3.63) is 12.7 Å². The number of nitrogen functional groups attached to an aromatic ring is 1. The predicted octanol–water partition coefficient (Wildman–Crippen LogP) is -1.57. The summed E-state index contributed by atoms with van der Waals surface area (Å²) >= 11 is 0. The molecule has 1 aliphatic heterocycles. The topological polar surface area (TPSA) is 133 Å². The zero-order chi connectivity index (χ0) is 13.6. The van der Waals surface area contributed by atoms with Gasteiger partial charge in [-0.25, -0.2) is 15.0 Å². The van der Waals surface area contributed by atoms with Gasteiger partial charge in [0.25, 0.3) is 0 Å². The quantitative estimate of drug-likeness (QED) is 0.490. The van der Waals surface area contributed by atoms with E-state index in [0.717, 1.165) is 0 Å². The standard InChI is InChI=1S/C10H9N5O4/c11-8-5-9(13-2-12-8)15(3-14-5)10-7(18)6(17)4(1-16)19-10/h1-4,7,10,18H,(H2,11,12,13)/t4-,7-,10-/m1/s1. The number of carbonyl (C=O) groups is 2. The first-order chi connectivity index (χ1) is 9.13. The molecule has 0 unspecified atom stereocenters. The van der Waals surface area contributed by atoms with Crippen molar-refractivity contribution in [2.75, 3.05) is 5.73 Å². The smallest absolute Gasteiger partial charge is 0.201 e. The van der Waals surface area contributed by atoms with Gasteiger partial charge in [-0.1, -0.05) is 0 Å². The molecule has 1 aliphatic rings. The Morgan fingerprint density at radius 2 is 2.21 bits per heavy atom. The van der Waals surface area contributed by atoms with Crippen LogP contribution in [0.15, 0.2) is 12.7 Å². The summed E-state index contributed by atoms with van der Waals surface area (Å²) in [5, 5.41) is 9.80. The Kier molecular flexibility index (Phi) is 2.50. The van der Waals surface area contributed by atoms with E-state index < -0.39 is 24.2 Å². The molecule has 9 heteroatoms. The highest BCUT2D eigenvalue weighted by molar-refractivity contribution is 6.00. The van der Waals surface area contributed by atoms with Gasteiger partial charge in [-0.2, -0.15) is 0 Å². The van der Waals surface area contributed by atoms with Gasteiger partial charge in [0.2, 0.25) is 5.78 Å². The minimum atomic E-state index is -1.45. The van der Waals surface area contributed by atoms with Crippen LogP contribution < -0.4 is 5.73 Å². The third-order valence-electron chi connectivity index (χ3n) is 2.91. The first-order valence-electron chi connectivity index (χ1n) is 5.39. The second-order valence-corrected chi connectivity index (χ2v) is 4.01. The summed E-state index contributed by atoms with van der Waals surface area (Å²) < 4.78 is 6.53. The molecule has 0 bridgehead atoms. The van der Waals surface area contributed by atoms with Crippen LogP contribution in [-0.2, 0) is 14.3 Å². The number of fused-ring (bicyclic) bond motifs is 1. The molecule has 2 aromatic heterocycles. The minimum absolute atomic E-state index is 0.175. The molecule has 1 fully saturated rings. The van der Waals surface area contributed by atoms with E-state index in [1.165, 1.54) is 17.2 Å². The van der Waals surface area contributed by atoms with E-state index in [0.29, 0.717) is 17.5 Å². The third-order valence-corrected chi connectivity index (χ3v) is 2.91. The number of anilines is 1. The average molecular weight is 263 g/mol. The lowest BCUT2D eigenvalue weighted by Crippen LogP contribution is -2.26. The fourth-order valence-electron chi connectivity index (χ4n) is 1.97. The molecular formula is C10H9N5O4. The van der Waals surface area contributed by atoms with Gasteiger partial charge in [-0.05, 0) is 0 Å². The number of carbonyl (C=O) groups excluding carboxylic acids is 2. The van der Waals surface area contributed by atoms with Crippen LogP contribution in [-0.4, -0.2) is 48.9 Å². The molecule has 2 aromatic rings. The number of imidazole rings is 1. The zero-order valence-electron chi connectivity index (χ0n) is 9.50. The lowest BCUT2D eigenvalue weighted by atomic mass is 10.2. The number of Topliss-reactive ketones (excluding diaryl/α,β-unsaturated/α-hetero) is 1. The highest BCUT2D eigenvalue weighted by atomic mass is 16.5. The fraction of sp³-hybridized carbons (Fsp3) is 0.300. The molecule has 3 heterocycles. The number of hydrogen-bond acceptors (Lipinski definition) is 8. The van der Waals surface area contributed by atoms with Crippen LogP contribution in [0.3, 0.4) is 0 Å². The molecule has 1 saturated heterocycles. The number of nitrogens with zero attached hydrogens (tertiary/aromatic N) is 4. The van der Waals surface area contributed by atoms with Crippen LogP contribution in [0.1, 0.15) is 6.23 Å². The molecule has 0 saturated carbocycles. The highest BCUT2D eigenvalue weighted by Gasteiger charge is 2.44. The second kappa shape index (κ2) is 4.07. The van der Waals surface area contributed by atoms with Crippen LogP contribution in [0.4, 0.5) is 5.82 Å². The summed E-state index contributed by atoms with van der Waals surface area (Å²) in [6, 6.07) is 0. The van der Waals surface area contributed by atoms with E-state index in [-0.39, 0.29) is 5.82 Å². The van der Waals surface area contributed by atoms with E-state index in [1.807, 2.05) is 0 Å². The molecule has 0 amide bonds. The van der Waals surface area contributed by atoms with Crippen molar-refractivity contribution in [2.45, 2.75) is 18.4 Å². The maximum absolute atomic E-state index is 11.5. The molecule has 19 heavy (non-hydrogen) atoms. The Bertz CT molecular complexity index is 669. The van der Waals surface area contributed by atoms with Crippen LogP contribution in [0, 0.1) is 0 Å². The maximum Gasteiger partial charge on any atom is 0.201 e. The van der Waals surface area contributed by atoms with Crippen LogP contribution in [0.25, 0.3) is 11.2 Å². The second-order valence-electron chi connectivity index (χ2n) is 4.01. The summed E-state index contributed by atoms with van der Waals surface area (Å²) in [6.45, 7) is 0. The Morgan fingerprint density at radius 1 is 1.42 bits per heavy atom. The van der Waals surface area contributed by atoms with Gasteiger partial charge in [-0.3, -0.25) is 14.2 Å². The molecule has 3 atom stereocenters. The number of aliphatic hydroxyl groups is 1. The molecule has 0 aliphatic carbocycles. The molecule has 98 valence electrons. The number of hydrogen-bond donors (Lipinski definition) is 2. The van der Waals surface area contributed by atoms with Gasteiger partial charge >= 0.3 is 0 Å². The number of aromatic nitrogens is 4. The Morgan fingerprint density at radius 3 is 2.89 bits per heavy atom. The minimum Gasteiger partial charge on any atom is -0.382 e. The van der Waals surface area contributed by atoms with Crippen molar-refractivity contribution < 1.29 is 19.4 Å². The van der Waals surface area contributed by atoms with Crippen LogP contribution in [0.5, 0.6) is 0 Å². The molecule has 3 N–H and O–H groups in total. The number of ketones is 1. The number of aldehydes is 1.